The van der Waals surface area contributed by atoms with Gasteiger partial charge < -0.3 is 9.47 Å². The summed E-state index contributed by atoms with van der Waals surface area (Å²) in [6.45, 7) is 6.17. The molecule has 0 spiro atoms. The summed E-state index contributed by atoms with van der Waals surface area (Å²) in [4.78, 5) is 0. The molecule has 1 saturated carbocycles. The summed E-state index contributed by atoms with van der Waals surface area (Å²) < 4.78 is 11.7. The average molecular weight is 417 g/mol. The van der Waals surface area contributed by atoms with Gasteiger partial charge in [0.25, 0.3) is 0 Å². The number of rotatable bonds is 17. The average Bonchev–Trinajstić information content (AvgIpc) is 2.78. The number of benzene rings is 1. The number of hydrogen-bond donors (Lipinski definition) is 0. The summed E-state index contributed by atoms with van der Waals surface area (Å²) in [5, 5.41) is 0. The molecule has 0 aliphatic heterocycles. The first-order chi connectivity index (χ1) is 14.8. The van der Waals surface area contributed by atoms with Gasteiger partial charge in [0.1, 0.15) is 11.5 Å². The molecule has 0 N–H and O–H groups in total. The largest absolute Gasteiger partial charge is 0.494 e. The Balaban J connectivity index is 1.47. The van der Waals surface area contributed by atoms with Crippen molar-refractivity contribution < 1.29 is 9.47 Å². The first-order valence-corrected chi connectivity index (χ1v) is 13.2. The summed E-state index contributed by atoms with van der Waals surface area (Å²) >= 11 is 0. The van der Waals surface area contributed by atoms with E-state index in [1.54, 1.807) is 0 Å². The second kappa shape index (κ2) is 16.5. The first-order valence-electron chi connectivity index (χ1n) is 13.2. The Morgan fingerprint density at radius 3 is 1.57 bits per heavy atom. The first kappa shape index (κ1) is 25.1. The predicted octanol–water partition coefficient (Wildman–Crippen LogP) is 8.97. The molecule has 0 atom stereocenters. The lowest BCUT2D eigenvalue weighted by atomic mass is 9.78. The molecular formula is C28H48O2. The van der Waals surface area contributed by atoms with Crippen molar-refractivity contribution in [2.45, 2.75) is 117 Å². The highest BCUT2D eigenvalue weighted by Gasteiger charge is 2.20. The minimum absolute atomic E-state index is 0.815. The van der Waals surface area contributed by atoms with Gasteiger partial charge in [0, 0.05) is 0 Å². The van der Waals surface area contributed by atoms with Crippen LogP contribution in [0.4, 0.5) is 0 Å². The zero-order valence-corrected chi connectivity index (χ0v) is 20.0. The molecule has 1 aliphatic carbocycles. The number of hydrogen-bond acceptors (Lipinski definition) is 2. The molecule has 0 heterocycles. The molecule has 0 amide bonds. The SMILES string of the molecule is CCCCCCCC[C@H]1CC[C@H](CCCOc2ccc(OCCCCC)cc2)CC1. The Morgan fingerprint density at radius 1 is 0.567 bits per heavy atom. The van der Waals surface area contributed by atoms with Crippen molar-refractivity contribution >= 4 is 0 Å². The molecule has 1 aromatic rings. The summed E-state index contributed by atoms with van der Waals surface area (Å²) in [5.74, 6) is 3.88. The molecule has 172 valence electrons. The quantitative estimate of drug-likeness (QED) is 0.236. The molecule has 0 aromatic heterocycles. The van der Waals surface area contributed by atoms with Crippen LogP contribution in [-0.2, 0) is 0 Å². The van der Waals surface area contributed by atoms with Crippen molar-refractivity contribution in [2.75, 3.05) is 13.2 Å². The molecule has 0 unspecified atom stereocenters. The Hall–Kier alpha value is -1.18. The molecule has 1 aliphatic rings. The van der Waals surface area contributed by atoms with Crippen LogP contribution in [0.25, 0.3) is 0 Å². The molecule has 0 saturated heterocycles. The van der Waals surface area contributed by atoms with E-state index in [9.17, 15) is 0 Å². The van der Waals surface area contributed by atoms with Crippen LogP contribution in [0.1, 0.15) is 117 Å². The van der Waals surface area contributed by atoms with E-state index in [-0.39, 0.29) is 0 Å². The molecule has 1 aromatic carbocycles. The highest BCUT2D eigenvalue weighted by molar-refractivity contribution is 5.31. The van der Waals surface area contributed by atoms with Gasteiger partial charge in [0.2, 0.25) is 0 Å². The van der Waals surface area contributed by atoms with Crippen LogP contribution in [0.2, 0.25) is 0 Å². The zero-order chi connectivity index (χ0) is 21.3. The standard InChI is InChI=1S/C28H48O2/c1-3-5-7-8-9-10-13-25-15-17-26(18-16-25)14-12-24-30-28-21-19-27(20-22-28)29-23-11-6-4-2/h19-22,25-26H,3-18,23-24H2,1-2H3/t25-,26-. The van der Waals surface area contributed by atoms with Crippen LogP contribution < -0.4 is 9.47 Å². The maximum Gasteiger partial charge on any atom is 0.119 e. The smallest absolute Gasteiger partial charge is 0.119 e. The summed E-state index contributed by atoms with van der Waals surface area (Å²) in [7, 11) is 0. The lowest BCUT2D eigenvalue weighted by Gasteiger charge is -2.28. The maximum absolute atomic E-state index is 5.95. The van der Waals surface area contributed by atoms with Crippen LogP contribution in [0.15, 0.2) is 24.3 Å². The predicted molar refractivity (Wildman–Crippen MR) is 130 cm³/mol. The second-order valence-corrected chi connectivity index (χ2v) is 9.46. The fourth-order valence-corrected chi connectivity index (χ4v) is 4.76. The normalized spacial score (nSPS) is 19.0. The Morgan fingerprint density at radius 2 is 1.00 bits per heavy atom. The van der Waals surface area contributed by atoms with E-state index in [4.69, 9.17) is 9.47 Å². The van der Waals surface area contributed by atoms with E-state index in [1.807, 2.05) is 24.3 Å². The highest BCUT2D eigenvalue weighted by Crippen LogP contribution is 2.34. The fourth-order valence-electron chi connectivity index (χ4n) is 4.76. The van der Waals surface area contributed by atoms with Crippen molar-refractivity contribution in [3.63, 3.8) is 0 Å². The van der Waals surface area contributed by atoms with Gasteiger partial charge in [-0.25, -0.2) is 0 Å². The van der Waals surface area contributed by atoms with E-state index in [0.717, 1.165) is 43.0 Å². The van der Waals surface area contributed by atoms with Crippen LogP contribution >= 0.6 is 0 Å². The summed E-state index contributed by atoms with van der Waals surface area (Å²) in [6.07, 6.45) is 22.1. The summed E-state index contributed by atoms with van der Waals surface area (Å²) in [5.41, 5.74) is 0. The van der Waals surface area contributed by atoms with Gasteiger partial charge in [0.05, 0.1) is 13.2 Å². The monoisotopic (exact) mass is 416 g/mol. The molecule has 0 radical (unpaired) electrons. The van der Waals surface area contributed by atoms with E-state index >= 15 is 0 Å². The van der Waals surface area contributed by atoms with Crippen molar-refractivity contribution in [2.24, 2.45) is 11.8 Å². The molecule has 2 nitrogen and oxygen atoms in total. The zero-order valence-electron chi connectivity index (χ0n) is 20.0. The van der Waals surface area contributed by atoms with Crippen LogP contribution in [0, 0.1) is 11.8 Å². The highest BCUT2D eigenvalue weighted by atomic mass is 16.5. The van der Waals surface area contributed by atoms with Gasteiger partial charge in [0.15, 0.2) is 0 Å². The van der Waals surface area contributed by atoms with Gasteiger partial charge in [-0.15, -0.1) is 0 Å². The minimum Gasteiger partial charge on any atom is -0.494 e. The van der Waals surface area contributed by atoms with Gasteiger partial charge in [-0.2, -0.15) is 0 Å². The van der Waals surface area contributed by atoms with E-state index in [2.05, 4.69) is 13.8 Å². The van der Waals surface area contributed by atoms with Crippen LogP contribution in [0.3, 0.4) is 0 Å². The minimum atomic E-state index is 0.815. The molecule has 2 heteroatoms. The Bertz CT molecular complexity index is 502. The van der Waals surface area contributed by atoms with E-state index < -0.39 is 0 Å². The van der Waals surface area contributed by atoms with Crippen LogP contribution in [0.5, 0.6) is 11.5 Å². The van der Waals surface area contributed by atoms with Crippen molar-refractivity contribution in [1.29, 1.82) is 0 Å². The molecule has 1 fully saturated rings. The fraction of sp³-hybridized carbons (Fsp3) is 0.786. The molecular weight excluding hydrogens is 368 g/mol. The van der Waals surface area contributed by atoms with Crippen molar-refractivity contribution in [3.8, 4) is 11.5 Å². The third-order valence-electron chi connectivity index (χ3n) is 6.80. The van der Waals surface area contributed by atoms with Crippen molar-refractivity contribution in [3.05, 3.63) is 24.3 Å². The topological polar surface area (TPSA) is 18.5 Å². The summed E-state index contributed by atoms with van der Waals surface area (Å²) in [6, 6.07) is 8.16. The van der Waals surface area contributed by atoms with Gasteiger partial charge >= 0.3 is 0 Å². The Kier molecular flexibility index (Phi) is 13.8. The van der Waals surface area contributed by atoms with Gasteiger partial charge in [-0.3, -0.25) is 0 Å². The van der Waals surface area contributed by atoms with Gasteiger partial charge in [-0.1, -0.05) is 97.3 Å². The molecule has 2 rings (SSSR count). The lowest BCUT2D eigenvalue weighted by molar-refractivity contribution is 0.228. The molecule has 30 heavy (non-hydrogen) atoms. The van der Waals surface area contributed by atoms with Gasteiger partial charge in [-0.05, 0) is 55.4 Å². The van der Waals surface area contributed by atoms with E-state index in [0.29, 0.717) is 0 Å². The second-order valence-electron chi connectivity index (χ2n) is 9.46. The Labute approximate surface area is 187 Å². The third kappa shape index (κ3) is 11.3. The van der Waals surface area contributed by atoms with Crippen molar-refractivity contribution in [1.82, 2.24) is 0 Å². The number of ether oxygens (including phenoxy) is 2. The third-order valence-corrected chi connectivity index (χ3v) is 6.80. The molecule has 0 bridgehead atoms. The number of unbranched alkanes of at least 4 members (excludes halogenated alkanes) is 7. The maximum atomic E-state index is 5.95. The lowest BCUT2D eigenvalue weighted by Crippen LogP contribution is -2.15. The van der Waals surface area contributed by atoms with E-state index in [1.165, 1.54) is 96.3 Å². The van der Waals surface area contributed by atoms with Crippen LogP contribution in [-0.4, -0.2) is 13.2 Å².